The number of rotatable bonds is 0. The molecule has 0 heterocycles. The van der Waals surface area contributed by atoms with Gasteiger partial charge in [0, 0.05) is 21.1 Å². The number of hydrogen-bond acceptors (Lipinski definition) is 0. The van der Waals surface area contributed by atoms with E-state index in [0.717, 1.165) is 0 Å². The van der Waals surface area contributed by atoms with Crippen LogP contribution in [0.4, 0.5) is 0 Å². The van der Waals surface area contributed by atoms with Gasteiger partial charge in [0.05, 0.1) is 0 Å². The van der Waals surface area contributed by atoms with E-state index in [9.17, 15) is 0 Å². The van der Waals surface area contributed by atoms with Crippen LogP contribution in [-0.2, 0) is 30.4 Å². The molecule has 1 aliphatic rings. The third kappa shape index (κ3) is 5.16. The summed E-state index contributed by atoms with van der Waals surface area (Å²) in [5.74, 6) is 7.34. The SMILES string of the molecule is C[C]1[C](C)[C](C)[C](C)[C]1C.[C-]#[O+].[C-]#[O+].[Mo]. The Morgan fingerprint density at radius 1 is 0.533 bits per heavy atom. The summed E-state index contributed by atoms with van der Waals surface area (Å²) in [4.78, 5) is 0. The monoisotopic (exact) mass is 289 g/mol. The van der Waals surface area contributed by atoms with Crippen LogP contribution in [-0.4, -0.2) is 0 Å². The van der Waals surface area contributed by atoms with Crippen LogP contribution in [0.15, 0.2) is 0 Å². The first-order chi connectivity index (χ1) is 6.55. The second kappa shape index (κ2) is 10.7. The molecule has 0 spiro atoms. The van der Waals surface area contributed by atoms with Crippen molar-refractivity contribution >= 4 is 0 Å². The Labute approximate surface area is 108 Å². The van der Waals surface area contributed by atoms with Gasteiger partial charge in [-0.15, -0.1) is 0 Å². The summed E-state index contributed by atoms with van der Waals surface area (Å²) in [6, 6.07) is 0. The third-order valence-corrected chi connectivity index (χ3v) is 2.81. The largest absolute Gasteiger partial charge is 0 e. The molecule has 0 bridgehead atoms. The van der Waals surface area contributed by atoms with Crippen LogP contribution < -0.4 is 0 Å². The van der Waals surface area contributed by atoms with Gasteiger partial charge in [-0.25, -0.2) is 0 Å². The molecule has 2 nitrogen and oxygen atoms in total. The van der Waals surface area contributed by atoms with Crippen LogP contribution in [0.5, 0.6) is 0 Å². The molecule has 81 valence electrons. The fraction of sp³-hybridized carbons (Fsp3) is 0.417. The first-order valence-corrected chi connectivity index (χ1v) is 4.16. The normalized spacial score (nSPS) is 19.3. The van der Waals surface area contributed by atoms with Crippen LogP contribution in [0.1, 0.15) is 34.6 Å². The van der Waals surface area contributed by atoms with Crippen molar-refractivity contribution in [1.82, 2.24) is 0 Å². The van der Waals surface area contributed by atoms with E-state index in [-0.39, 0.29) is 21.1 Å². The van der Waals surface area contributed by atoms with Gasteiger partial charge in [0.1, 0.15) is 0 Å². The summed E-state index contributed by atoms with van der Waals surface area (Å²) in [6.07, 6.45) is 0. The molecule has 0 aliphatic heterocycles. The second-order valence-corrected chi connectivity index (χ2v) is 3.12. The zero-order valence-electron chi connectivity index (χ0n) is 9.72. The minimum atomic E-state index is 0. The Hall–Kier alpha value is 0.168. The van der Waals surface area contributed by atoms with E-state index in [0.29, 0.717) is 0 Å². The van der Waals surface area contributed by atoms with Crippen molar-refractivity contribution in [1.29, 1.82) is 0 Å². The first-order valence-electron chi connectivity index (χ1n) is 4.16. The van der Waals surface area contributed by atoms with Gasteiger partial charge in [0.2, 0.25) is 0 Å². The molecule has 5 radical (unpaired) electrons. The molecule has 15 heavy (non-hydrogen) atoms. The van der Waals surface area contributed by atoms with E-state index in [1.54, 1.807) is 0 Å². The van der Waals surface area contributed by atoms with E-state index >= 15 is 0 Å². The quantitative estimate of drug-likeness (QED) is 0.373. The molecule has 0 aromatic carbocycles. The maximum atomic E-state index is 7.50. The van der Waals surface area contributed by atoms with Gasteiger partial charge in [-0.05, 0) is 29.6 Å². The average Bonchev–Trinajstić information content (AvgIpc) is 2.42. The summed E-state index contributed by atoms with van der Waals surface area (Å²) in [5, 5.41) is 0. The van der Waals surface area contributed by atoms with Gasteiger partial charge in [-0.1, -0.05) is 34.6 Å². The molecule has 1 aliphatic carbocycles. The summed E-state index contributed by atoms with van der Waals surface area (Å²) in [6.45, 7) is 20.0. The Kier molecular flexibility index (Phi) is 14.6. The van der Waals surface area contributed by atoms with E-state index in [1.807, 2.05) is 0 Å². The molecule has 0 aromatic heterocycles. The molecular weight excluding hydrogens is 272 g/mol. The summed E-state index contributed by atoms with van der Waals surface area (Å²) < 4.78 is 15.0. The molecule has 0 atom stereocenters. The number of hydrogen-bond donors (Lipinski definition) is 0. The zero-order chi connectivity index (χ0) is 11.9. The molecule has 0 aromatic rings. The molecule has 3 heteroatoms. The van der Waals surface area contributed by atoms with Crippen molar-refractivity contribution in [3.63, 3.8) is 0 Å². The summed E-state index contributed by atoms with van der Waals surface area (Å²) in [7, 11) is 0. The van der Waals surface area contributed by atoms with Crippen molar-refractivity contribution in [2.24, 2.45) is 0 Å². The third-order valence-electron chi connectivity index (χ3n) is 2.81. The molecule has 1 fully saturated rings. The van der Waals surface area contributed by atoms with Gasteiger partial charge in [-0.3, -0.25) is 0 Å². The van der Waals surface area contributed by atoms with Crippen molar-refractivity contribution in [2.75, 3.05) is 0 Å². The molecule has 0 unspecified atom stereocenters. The standard InChI is InChI=1S/C10H15.2CO.Mo/c1-6-7(2)9(4)10(5)8(6)3;2*1-2;/h1-5H3;;;. The first kappa shape index (κ1) is 20.6. The van der Waals surface area contributed by atoms with Crippen molar-refractivity contribution in [2.45, 2.75) is 34.6 Å². The van der Waals surface area contributed by atoms with E-state index in [1.165, 1.54) is 29.6 Å². The molecule has 0 N–H and O–H groups in total. The van der Waals surface area contributed by atoms with Gasteiger partial charge < -0.3 is 0 Å². The van der Waals surface area contributed by atoms with E-state index in [2.05, 4.69) is 47.9 Å². The molecular formula is C12H15MoO2. The summed E-state index contributed by atoms with van der Waals surface area (Å²) in [5.41, 5.74) is 0. The molecule has 1 rings (SSSR count). The zero-order valence-corrected chi connectivity index (χ0v) is 11.7. The Bertz CT molecular complexity index is 138. The fourth-order valence-electron chi connectivity index (χ4n) is 1.41. The minimum Gasteiger partial charge on any atom is 0 e. The molecule has 1 saturated carbocycles. The van der Waals surface area contributed by atoms with Gasteiger partial charge in [0.25, 0.3) is 0 Å². The maximum Gasteiger partial charge on any atom is 0 e. The van der Waals surface area contributed by atoms with Crippen LogP contribution in [0.25, 0.3) is 0 Å². The van der Waals surface area contributed by atoms with Crippen LogP contribution in [0.2, 0.25) is 0 Å². The fourth-order valence-corrected chi connectivity index (χ4v) is 1.41. The maximum absolute atomic E-state index is 7.50. The van der Waals surface area contributed by atoms with E-state index in [4.69, 9.17) is 9.30 Å². The van der Waals surface area contributed by atoms with Crippen LogP contribution in [0.3, 0.4) is 0 Å². The van der Waals surface area contributed by atoms with Crippen molar-refractivity contribution in [3.05, 3.63) is 42.9 Å². The van der Waals surface area contributed by atoms with Gasteiger partial charge in [0.15, 0.2) is 0 Å². The molecule has 0 amide bonds. The van der Waals surface area contributed by atoms with Crippen LogP contribution >= 0.6 is 0 Å². The van der Waals surface area contributed by atoms with E-state index < -0.39 is 0 Å². The minimum absolute atomic E-state index is 0. The Morgan fingerprint density at radius 3 is 0.667 bits per heavy atom. The summed E-state index contributed by atoms with van der Waals surface area (Å²) >= 11 is 0. The Morgan fingerprint density at radius 2 is 0.600 bits per heavy atom. The second-order valence-electron chi connectivity index (χ2n) is 3.12. The van der Waals surface area contributed by atoms with Gasteiger partial charge in [-0.2, -0.15) is 0 Å². The van der Waals surface area contributed by atoms with Crippen LogP contribution in [0, 0.1) is 42.9 Å². The van der Waals surface area contributed by atoms with Crippen molar-refractivity contribution in [3.8, 4) is 0 Å². The average molecular weight is 287 g/mol. The molecule has 0 saturated heterocycles. The van der Waals surface area contributed by atoms with Gasteiger partial charge >= 0.3 is 22.6 Å². The topological polar surface area (TPSA) is 39.8 Å². The smallest absolute Gasteiger partial charge is 0 e. The Balaban J connectivity index is -0.000000258. The predicted octanol–water partition coefficient (Wildman–Crippen LogP) is 2.89. The van der Waals surface area contributed by atoms with Crippen molar-refractivity contribution < 1.29 is 30.4 Å². The predicted molar refractivity (Wildman–Crippen MR) is 52.4 cm³/mol.